The summed E-state index contributed by atoms with van der Waals surface area (Å²) in [7, 11) is 0. The number of nitrogens with two attached hydrogens (primary N) is 3. The average molecular weight is 217 g/mol. The molecule has 7 heteroatoms. The van der Waals surface area contributed by atoms with Crippen molar-refractivity contribution in [3.8, 4) is 0 Å². The van der Waals surface area contributed by atoms with Crippen LogP contribution in [-0.4, -0.2) is 67.8 Å². The Labute approximate surface area is 109 Å². The minimum absolute atomic E-state index is 0. The molecule has 0 aliphatic carbocycles. The van der Waals surface area contributed by atoms with Crippen LogP contribution in [0, 0.1) is 0 Å². The van der Waals surface area contributed by atoms with Crippen molar-refractivity contribution in [2.45, 2.75) is 0 Å². The van der Waals surface area contributed by atoms with E-state index < -0.39 is 11.9 Å². The molecule has 0 spiro atoms. The predicted molar refractivity (Wildman–Crippen MR) is 52.1 cm³/mol. The van der Waals surface area contributed by atoms with Crippen molar-refractivity contribution in [2.75, 3.05) is 13.1 Å². The summed E-state index contributed by atoms with van der Waals surface area (Å²) in [5.74, 6) is -1.93. The van der Waals surface area contributed by atoms with Crippen molar-refractivity contribution in [1.82, 2.24) is 0 Å². The molecule has 0 aromatic heterocycles. The van der Waals surface area contributed by atoms with Crippen molar-refractivity contribution in [1.29, 1.82) is 0 Å². The van der Waals surface area contributed by atoms with Crippen LogP contribution in [0.2, 0.25) is 0 Å². The molecule has 0 aliphatic heterocycles. The first kappa shape index (κ1) is 18.6. The van der Waals surface area contributed by atoms with Gasteiger partial charge in [-0.25, -0.2) is 4.79 Å². The fourth-order valence-electron chi connectivity index (χ4n) is 0.153. The van der Waals surface area contributed by atoms with Gasteiger partial charge in [0.25, 0.3) is 0 Å². The van der Waals surface area contributed by atoms with E-state index in [-0.39, 0.29) is 40.6 Å². The van der Waals surface area contributed by atoms with Crippen LogP contribution >= 0.6 is 0 Å². The van der Waals surface area contributed by atoms with Gasteiger partial charge in [0.05, 0.1) is 0 Å². The van der Waals surface area contributed by atoms with Gasteiger partial charge >= 0.3 is 43.7 Å². The predicted octanol–water partition coefficient (Wildman–Crippen LogP) is -2.14. The third-order valence-electron chi connectivity index (χ3n) is 0.557. The Hall–Kier alpha value is -0.140. The summed E-state index contributed by atoms with van der Waals surface area (Å²) < 4.78 is 0. The van der Waals surface area contributed by atoms with Crippen LogP contribution in [0.25, 0.3) is 0 Å². The topological polar surface area (TPSA) is 132 Å². The normalized spacial score (nSPS) is 8.15. The summed E-state index contributed by atoms with van der Waals surface area (Å²) in [5, 5.41) is 7.87. The number of hydrogen-bond acceptors (Lipinski definition) is 4. The molecule has 0 bridgehead atoms. The fourth-order valence-corrected chi connectivity index (χ4v) is 0.153. The number of carboxylic acids is 1. The SMILES string of the molecule is NC(=O)/C=C\C(=O)O.NCCN.[Ca+2].[H-].[H-]. The van der Waals surface area contributed by atoms with Gasteiger partial charge in [-0.2, -0.15) is 0 Å². The van der Waals surface area contributed by atoms with Gasteiger partial charge in [0.1, 0.15) is 0 Å². The monoisotopic (exact) mass is 217 g/mol. The van der Waals surface area contributed by atoms with Crippen molar-refractivity contribution >= 4 is 49.6 Å². The first-order valence-electron chi connectivity index (χ1n) is 3.15. The van der Waals surface area contributed by atoms with E-state index in [9.17, 15) is 9.59 Å². The van der Waals surface area contributed by atoms with E-state index in [1.54, 1.807) is 0 Å². The zero-order valence-electron chi connectivity index (χ0n) is 9.27. The van der Waals surface area contributed by atoms with E-state index >= 15 is 0 Å². The molecule has 0 fully saturated rings. The van der Waals surface area contributed by atoms with Gasteiger partial charge in [0.15, 0.2) is 0 Å². The van der Waals surface area contributed by atoms with Crippen molar-refractivity contribution in [2.24, 2.45) is 17.2 Å². The van der Waals surface area contributed by atoms with Crippen molar-refractivity contribution in [3.63, 3.8) is 0 Å². The summed E-state index contributed by atoms with van der Waals surface area (Å²) >= 11 is 0. The molecule has 0 saturated heterocycles. The molecule has 13 heavy (non-hydrogen) atoms. The molecule has 0 rings (SSSR count). The largest absolute Gasteiger partial charge is 2.00 e. The molecular formula is C6H15CaN3O3. The van der Waals surface area contributed by atoms with E-state index in [2.05, 4.69) is 5.73 Å². The number of carboxylic acid groups (broad SMARTS) is 1. The standard InChI is InChI=1S/C4H5NO3.C2H8N2.Ca.2H/c5-3(6)1-2-4(7)8;3-1-2-4;;;/h1-2H,(H2,5,6)(H,7,8);1-4H2;;;/q;;+2;2*-1/b2-1-;;;;. The zero-order chi connectivity index (χ0) is 9.98. The maximum atomic E-state index is 9.78. The van der Waals surface area contributed by atoms with Gasteiger partial charge in [-0.3, -0.25) is 4.79 Å². The Morgan fingerprint density at radius 1 is 1.23 bits per heavy atom. The molecule has 74 valence electrons. The fraction of sp³-hybridized carbons (Fsp3) is 0.333. The molecule has 6 nitrogen and oxygen atoms in total. The summed E-state index contributed by atoms with van der Waals surface area (Å²) in [6.07, 6.45) is 1.46. The molecule has 0 aliphatic rings. The summed E-state index contributed by atoms with van der Waals surface area (Å²) in [6.45, 7) is 1.19. The number of primary amides is 1. The molecule has 0 unspecified atom stereocenters. The van der Waals surface area contributed by atoms with E-state index in [0.29, 0.717) is 19.2 Å². The van der Waals surface area contributed by atoms with E-state index in [1.807, 2.05) is 0 Å². The Kier molecular flexibility index (Phi) is 20.6. The van der Waals surface area contributed by atoms with E-state index in [1.165, 1.54) is 0 Å². The summed E-state index contributed by atoms with van der Waals surface area (Å²) in [4.78, 5) is 19.4. The minimum atomic E-state index is -1.18. The first-order chi connectivity index (χ1) is 5.54. The Balaban J connectivity index is -0.0000000424. The molecule has 0 radical (unpaired) electrons. The van der Waals surface area contributed by atoms with Crippen LogP contribution in [0.3, 0.4) is 0 Å². The number of hydrogen-bond donors (Lipinski definition) is 4. The Morgan fingerprint density at radius 2 is 1.62 bits per heavy atom. The Morgan fingerprint density at radius 3 is 1.69 bits per heavy atom. The van der Waals surface area contributed by atoms with Crippen LogP contribution in [-0.2, 0) is 9.59 Å². The van der Waals surface area contributed by atoms with E-state index in [4.69, 9.17) is 16.6 Å². The van der Waals surface area contributed by atoms with Gasteiger partial charge in [-0.1, -0.05) is 0 Å². The van der Waals surface area contributed by atoms with Crippen LogP contribution in [0.4, 0.5) is 0 Å². The number of carbonyl (C=O) groups is 2. The number of carbonyl (C=O) groups excluding carboxylic acids is 1. The number of amides is 1. The van der Waals surface area contributed by atoms with Crippen LogP contribution in [0.1, 0.15) is 2.85 Å². The molecule has 7 N–H and O–H groups in total. The van der Waals surface area contributed by atoms with Gasteiger partial charge < -0.3 is 25.2 Å². The third-order valence-corrected chi connectivity index (χ3v) is 0.557. The molecule has 0 saturated carbocycles. The quantitative estimate of drug-likeness (QED) is 0.316. The van der Waals surface area contributed by atoms with Gasteiger partial charge in [0.2, 0.25) is 5.91 Å². The van der Waals surface area contributed by atoms with Crippen LogP contribution in [0.5, 0.6) is 0 Å². The van der Waals surface area contributed by atoms with Gasteiger partial charge in [-0.05, 0) is 0 Å². The zero-order valence-corrected chi connectivity index (χ0v) is 9.48. The summed E-state index contributed by atoms with van der Waals surface area (Å²) in [5.41, 5.74) is 14.4. The maximum Gasteiger partial charge on any atom is 2.00 e. The van der Waals surface area contributed by atoms with Gasteiger partial charge in [-0.15, -0.1) is 0 Å². The molecule has 0 atom stereocenters. The van der Waals surface area contributed by atoms with Gasteiger partial charge in [0, 0.05) is 25.2 Å². The van der Waals surface area contributed by atoms with Crippen molar-refractivity contribution < 1.29 is 17.5 Å². The average Bonchev–Trinajstić information content (AvgIpc) is 2.01. The van der Waals surface area contributed by atoms with Crippen LogP contribution < -0.4 is 17.2 Å². The van der Waals surface area contributed by atoms with E-state index in [0.717, 1.165) is 6.08 Å². The van der Waals surface area contributed by atoms with Crippen molar-refractivity contribution in [3.05, 3.63) is 12.2 Å². The summed E-state index contributed by atoms with van der Waals surface area (Å²) in [6, 6.07) is 0. The third kappa shape index (κ3) is 33.6. The molecule has 1 amide bonds. The number of aliphatic carboxylic acids is 1. The maximum absolute atomic E-state index is 9.78. The molecule has 0 aromatic carbocycles. The van der Waals surface area contributed by atoms with Crippen LogP contribution in [0.15, 0.2) is 12.2 Å². The number of rotatable bonds is 3. The second-order valence-corrected chi connectivity index (χ2v) is 1.65. The molecular weight excluding hydrogens is 202 g/mol. The molecule has 0 aromatic rings. The smallest absolute Gasteiger partial charge is 1.00 e. The second-order valence-electron chi connectivity index (χ2n) is 1.65. The molecule has 0 heterocycles. The minimum Gasteiger partial charge on any atom is -1.00 e. The second kappa shape index (κ2) is 14.4. The first-order valence-corrected chi connectivity index (χ1v) is 3.15. The Bertz CT molecular complexity index is 163.